The van der Waals surface area contributed by atoms with E-state index in [1.807, 2.05) is 36.1 Å². The number of aromatic nitrogens is 2. The average Bonchev–Trinajstić information content (AvgIpc) is 2.72. The Morgan fingerprint density at radius 2 is 1.73 bits per heavy atom. The molecule has 0 saturated carbocycles. The summed E-state index contributed by atoms with van der Waals surface area (Å²) in [5, 5.41) is 0. The molecule has 1 fully saturated rings. The molecule has 3 rings (SSSR count). The van der Waals surface area contributed by atoms with Gasteiger partial charge in [0.15, 0.2) is 0 Å². The molecule has 1 saturated heterocycles. The third kappa shape index (κ3) is 5.02. The molecule has 6 heteroatoms. The summed E-state index contributed by atoms with van der Waals surface area (Å²) in [6.45, 7) is 7.97. The van der Waals surface area contributed by atoms with Crippen molar-refractivity contribution in [2.24, 2.45) is 0 Å². The van der Waals surface area contributed by atoms with E-state index in [4.69, 9.17) is 0 Å². The number of nitrogens with zero attached hydrogens (tertiary/aromatic N) is 5. The first-order chi connectivity index (χ1) is 12.8. The molecule has 0 N–H and O–H groups in total. The van der Waals surface area contributed by atoms with Crippen LogP contribution in [0.5, 0.6) is 0 Å². The number of amides is 1. The Kier molecular flexibility index (Phi) is 6.55. The number of rotatable bonds is 7. The number of carbonyl (C=O) groups excluding carboxylic acids is 1. The second-order valence-corrected chi connectivity index (χ2v) is 6.52. The summed E-state index contributed by atoms with van der Waals surface area (Å²) >= 11 is 0. The molecule has 1 aromatic carbocycles. The van der Waals surface area contributed by atoms with Gasteiger partial charge < -0.3 is 9.80 Å². The van der Waals surface area contributed by atoms with E-state index in [1.54, 1.807) is 12.4 Å². The molecule has 2 heterocycles. The van der Waals surface area contributed by atoms with Crippen LogP contribution in [0.1, 0.15) is 18.9 Å². The first kappa shape index (κ1) is 18.3. The highest BCUT2D eigenvalue weighted by molar-refractivity contribution is 5.76. The fourth-order valence-corrected chi connectivity index (χ4v) is 3.22. The molecule has 0 bridgehead atoms. The summed E-state index contributed by atoms with van der Waals surface area (Å²) in [6.07, 6.45) is 4.13. The number of benzene rings is 1. The lowest BCUT2D eigenvalue weighted by molar-refractivity contribution is -0.132. The van der Waals surface area contributed by atoms with Gasteiger partial charge in [-0.1, -0.05) is 30.3 Å². The van der Waals surface area contributed by atoms with Crippen molar-refractivity contribution in [2.45, 2.75) is 19.9 Å². The molecule has 1 aliphatic heterocycles. The van der Waals surface area contributed by atoms with E-state index in [0.29, 0.717) is 13.0 Å². The lowest BCUT2D eigenvalue weighted by Gasteiger charge is -2.34. The number of hydrogen-bond donors (Lipinski definition) is 0. The largest absolute Gasteiger partial charge is 0.339 e. The zero-order valence-corrected chi connectivity index (χ0v) is 15.4. The summed E-state index contributed by atoms with van der Waals surface area (Å²) in [6, 6.07) is 12.0. The molecule has 0 unspecified atom stereocenters. The summed E-state index contributed by atoms with van der Waals surface area (Å²) < 4.78 is 0. The van der Waals surface area contributed by atoms with E-state index in [1.165, 1.54) is 5.56 Å². The predicted molar refractivity (Wildman–Crippen MR) is 103 cm³/mol. The first-order valence-electron chi connectivity index (χ1n) is 9.32. The fraction of sp³-hybridized carbons (Fsp3) is 0.450. The van der Waals surface area contributed by atoms with Gasteiger partial charge in [-0.25, -0.2) is 9.97 Å². The van der Waals surface area contributed by atoms with E-state index in [-0.39, 0.29) is 5.91 Å². The summed E-state index contributed by atoms with van der Waals surface area (Å²) in [5.41, 5.74) is 1.18. The Morgan fingerprint density at radius 3 is 2.38 bits per heavy atom. The zero-order chi connectivity index (χ0) is 18.2. The Bertz CT molecular complexity index is 671. The molecule has 26 heavy (non-hydrogen) atoms. The predicted octanol–water partition coefficient (Wildman–Crippen LogP) is 2.04. The van der Waals surface area contributed by atoms with E-state index in [9.17, 15) is 4.79 Å². The highest BCUT2D eigenvalue weighted by atomic mass is 16.2. The smallest absolute Gasteiger partial charge is 0.225 e. The molecule has 1 aromatic heterocycles. The molecule has 0 radical (unpaired) electrons. The molecular formula is C20H27N5O. The van der Waals surface area contributed by atoms with E-state index in [2.05, 4.69) is 31.9 Å². The molecule has 6 nitrogen and oxygen atoms in total. The normalized spacial score (nSPS) is 15.0. The van der Waals surface area contributed by atoms with Gasteiger partial charge in [0.1, 0.15) is 0 Å². The molecule has 1 amide bonds. The average molecular weight is 353 g/mol. The molecule has 138 valence electrons. The van der Waals surface area contributed by atoms with Crippen molar-refractivity contribution in [3.05, 3.63) is 54.4 Å². The van der Waals surface area contributed by atoms with Gasteiger partial charge in [-0.05, 0) is 18.6 Å². The molecular weight excluding hydrogens is 326 g/mol. The number of piperazine rings is 1. The van der Waals surface area contributed by atoms with E-state index >= 15 is 0 Å². The zero-order valence-electron chi connectivity index (χ0n) is 15.4. The number of anilines is 1. The Hall–Kier alpha value is -2.47. The Morgan fingerprint density at radius 1 is 1.04 bits per heavy atom. The highest BCUT2D eigenvalue weighted by Crippen LogP contribution is 2.11. The fourth-order valence-electron chi connectivity index (χ4n) is 3.22. The lowest BCUT2D eigenvalue weighted by Crippen LogP contribution is -2.48. The molecule has 0 aliphatic carbocycles. The van der Waals surface area contributed by atoms with Crippen LogP contribution >= 0.6 is 0 Å². The third-order valence-corrected chi connectivity index (χ3v) is 4.80. The molecule has 2 aromatic rings. The standard InChI is InChI=1S/C20H27N5O/c1-2-24(17-18-7-4-3-5-8-18)19(26)9-12-23-13-15-25(16-14-23)20-21-10-6-11-22-20/h3-8,10-11H,2,9,12-17H2,1H3. The van der Waals surface area contributed by atoms with Crippen molar-refractivity contribution in [3.8, 4) is 0 Å². The molecule has 1 aliphatic rings. The van der Waals surface area contributed by atoms with Crippen molar-refractivity contribution in [1.29, 1.82) is 0 Å². The van der Waals surface area contributed by atoms with Crippen molar-refractivity contribution in [3.63, 3.8) is 0 Å². The van der Waals surface area contributed by atoms with Crippen molar-refractivity contribution >= 4 is 11.9 Å². The number of carbonyl (C=O) groups is 1. The monoisotopic (exact) mass is 353 g/mol. The van der Waals surface area contributed by atoms with Gasteiger partial charge in [-0.2, -0.15) is 0 Å². The van der Waals surface area contributed by atoms with Crippen LogP contribution in [0.2, 0.25) is 0 Å². The van der Waals surface area contributed by atoms with Crippen LogP contribution < -0.4 is 4.90 Å². The van der Waals surface area contributed by atoms with E-state index in [0.717, 1.165) is 45.2 Å². The van der Waals surface area contributed by atoms with Crippen LogP contribution in [-0.2, 0) is 11.3 Å². The van der Waals surface area contributed by atoms with Crippen molar-refractivity contribution < 1.29 is 4.79 Å². The van der Waals surface area contributed by atoms with Crippen LogP contribution in [0.4, 0.5) is 5.95 Å². The maximum Gasteiger partial charge on any atom is 0.225 e. The lowest BCUT2D eigenvalue weighted by atomic mass is 10.2. The first-order valence-corrected chi connectivity index (χ1v) is 9.32. The second-order valence-electron chi connectivity index (χ2n) is 6.52. The molecule has 0 atom stereocenters. The van der Waals surface area contributed by atoms with Crippen LogP contribution in [0.15, 0.2) is 48.8 Å². The minimum Gasteiger partial charge on any atom is -0.339 e. The maximum absolute atomic E-state index is 12.6. The quantitative estimate of drug-likeness (QED) is 0.762. The minimum atomic E-state index is 0.227. The summed E-state index contributed by atoms with van der Waals surface area (Å²) in [5.74, 6) is 1.02. The van der Waals surface area contributed by atoms with Crippen molar-refractivity contribution in [2.75, 3.05) is 44.2 Å². The minimum absolute atomic E-state index is 0.227. The van der Waals surface area contributed by atoms with Gasteiger partial charge in [-0.3, -0.25) is 9.69 Å². The van der Waals surface area contributed by atoms with Gasteiger partial charge in [0.05, 0.1) is 0 Å². The van der Waals surface area contributed by atoms with Gasteiger partial charge in [0.25, 0.3) is 0 Å². The summed E-state index contributed by atoms with van der Waals surface area (Å²) in [4.78, 5) is 27.7. The molecule has 0 spiro atoms. The van der Waals surface area contributed by atoms with Gasteiger partial charge in [-0.15, -0.1) is 0 Å². The Balaban J connectivity index is 1.43. The second kappa shape index (κ2) is 9.29. The summed E-state index contributed by atoms with van der Waals surface area (Å²) in [7, 11) is 0. The SMILES string of the molecule is CCN(Cc1ccccc1)C(=O)CCN1CCN(c2ncccn2)CC1. The third-order valence-electron chi connectivity index (χ3n) is 4.80. The topological polar surface area (TPSA) is 52.6 Å². The van der Waals surface area contributed by atoms with Gasteiger partial charge in [0, 0.05) is 64.6 Å². The van der Waals surface area contributed by atoms with Crippen molar-refractivity contribution in [1.82, 2.24) is 19.8 Å². The van der Waals surface area contributed by atoms with Crippen LogP contribution in [0.25, 0.3) is 0 Å². The van der Waals surface area contributed by atoms with Crippen LogP contribution in [0, 0.1) is 0 Å². The van der Waals surface area contributed by atoms with Gasteiger partial charge in [0.2, 0.25) is 11.9 Å². The highest BCUT2D eigenvalue weighted by Gasteiger charge is 2.20. The number of hydrogen-bond acceptors (Lipinski definition) is 5. The van der Waals surface area contributed by atoms with Gasteiger partial charge >= 0.3 is 0 Å². The van der Waals surface area contributed by atoms with Crippen LogP contribution in [0.3, 0.4) is 0 Å². The van der Waals surface area contributed by atoms with Crippen LogP contribution in [-0.4, -0.2) is 64.9 Å². The van der Waals surface area contributed by atoms with E-state index < -0.39 is 0 Å². The maximum atomic E-state index is 12.6. The Labute approximate surface area is 155 Å².